The fraction of sp³-hybridized carbons (Fsp3) is 0.553. The van der Waals surface area contributed by atoms with Crippen molar-refractivity contribution in [2.75, 3.05) is 12.5 Å². The predicted molar refractivity (Wildman–Crippen MR) is 239 cm³/mol. The largest absolute Gasteiger partial charge is 0.507 e. The molecule has 9 nitrogen and oxygen atoms in total. The Bertz CT molecular complexity index is 2100. The number of aromatic hydroxyl groups is 3. The van der Waals surface area contributed by atoms with Crippen molar-refractivity contribution in [3.05, 3.63) is 118 Å². The molecule has 314 valence electrons. The van der Waals surface area contributed by atoms with Crippen LogP contribution in [0.4, 0.5) is 0 Å². The topological polar surface area (TPSA) is 127 Å². The molecular weight excluding hydrogens is 735 g/mol. The number of thioether (sulfide) groups is 1. The van der Waals surface area contributed by atoms with Crippen LogP contribution in [0, 0.1) is 6.92 Å². The van der Waals surface area contributed by atoms with Gasteiger partial charge in [-0.05, 0) is 127 Å². The van der Waals surface area contributed by atoms with Gasteiger partial charge in [-0.15, -0.1) is 0 Å². The minimum Gasteiger partial charge on any atom is -0.507 e. The lowest BCUT2D eigenvalue weighted by atomic mass is 9.78. The molecule has 0 aliphatic rings. The molecule has 4 rings (SSSR count). The second kappa shape index (κ2) is 16.6. The Balaban J connectivity index is 0.00000281. The van der Waals surface area contributed by atoms with Crippen molar-refractivity contribution in [1.82, 2.24) is 13.7 Å². The summed E-state index contributed by atoms with van der Waals surface area (Å²) < 4.78 is 3.28. The summed E-state index contributed by atoms with van der Waals surface area (Å²) in [6, 6.07) is 10.9. The minimum absolute atomic E-state index is 0.131. The highest BCUT2D eigenvalue weighted by atomic mass is 32.2. The first-order valence-electron chi connectivity index (χ1n) is 19.7. The van der Waals surface area contributed by atoms with E-state index in [9.17, 15) is 29.7 Å². The average Bonchev–Trinajstić information content (AvgIpc) is 3.03. The van der Waals surface area contributed by atoms with Crippen LogP contribution in [-0.4, -0.2) is 41.5 Å². The summed E-state index contributed by atoms with van der Waals surface area (Å²) in [6.45, 7) is 31.3. The number of hydrogen-bond donors (Lipinski definition) is 3. The van der Waals surface area contributed by atoms with Crippen LogP contribution < -0.4 is 17.1 Å². The molecule has 0 radical (unpaired) electrons. The highest BCUT2D eigenvalue weighted by Gasteiger charge is 2.30. The summed E-state index contributed by atoms with van der Waals surface area (Å²) in [5, 5.41) is 33.7. The molecule has 4 aromatic rings. The second-order valence-corrected chi connectivity index (χ2v) is 21.5. The van der Waals surface area contributed by atoms with E-state index in [1.165, 1.54) is 0 Å². The summed E-state index contributed by atoms with van der Waals surface area (Å²) in [6.07, 6.45) is 4.08. The van der Waals surface area contributed by atoms with Crippen molar-refractivity contribution in [2.45, 2.75) is 157 Å². The van der Waals surface area contributed by atoms with Crippen molar-refractivity contribution in [3.8, 4) is 17.2 Å². The van der Waals surface area contributed by atoms with Gasteiger partial charge in [0.25, 0.3) is 0 Å². The van der Waals surface area contributed by atoms with Gasteiger partial charge < -0.3 is 15.3 Å². The van der Waals surface area contributed by atoms with Gasteiger partial charge in [0.1, 0.15) is 17.2 Å². The lowest BCUT2D eigenvalue weighted by Crippen LogP contribution is -2.54. The molecule has 0 aliphatic heterocycles. The van der Waals surface area contributed by atoms with Crippen LogP contribution in [0.1, 0.15) is 154 Å². The van der Waals surface area contributed by atoms with Gasteiger partial charge >= 0.3 is 17.1 Å². The van der Waals surface area contributed by atoms with Crippen molar-refractivity contribution in [1.29, 1.82) is 0 Å². The van der Waals surface area contributed by atoms with Crippen LogP contribution in [0.15, 0.2) is 50.8 Å². The number of hydrogen-bond acceptors (Lipinski definition) is 7. The van der Waals surface area contributed by atoms with Gasteiger partial charge in [0.05, 0.1) is 19.6 Å². The van der Waals surface area contributed by atoms with Crippen LogP contribution in [0.25, 0.3) is 0 Å². The molecule has 10 heteroatoms. The van der Waals surface area contributed by atoms with Crippen LogP contribution >= 0.6 is 11.8 Å². The summed E-state index contributed by atoms with van der Waals surface area (Å²) >= 11 is 1.75. The smallest absolute Gasteiger partial charge is 0.336 e. The summed E-state index contributed by atoms with van der Waals surface area (Å²) in [4.78, 5) is 43.5. The summed E-state index contributed by atoms with van der Waals surface area (Å²) in [5.41, 5.74) is 1.49. The van der Waals surface area contributed by atoms with Crippen LogP contribution in [-0.2, 0) is 46.7 Å². The highest BCUT2D eigenvalue weighted by Crippen LogP contribution is 2.41. The molecular formula is C47H69N3O6S. The molecule has 0 aliphatic carbocycles. The van der Waals surface area contributed by atoms with E-state index in [-0.39, 0.29) is 36.9 Å². The predicted octanol–water partition coefficient (Wildman–Crippen LogP) is 9.21. The molecule has 0 unspecified atom stereocenters. The van der Waals surface area contributed by atoms with Gasteiger partial charge in [-0.1, -0.05) is 110 Å². The Morgan fingerprint density at radius 2 is 0.614 bits per heavy atom. The van der Waals surface area contributed by atoms with E-state index in [4.69, 9.17) is 0 Å². The van der Waals surface area contributed by atoms with Crippen molar-refractivity contribution in [3.63, 3.8) is 0 Å². The van der Waals surface area contributed by atoms with E-state index in [1.54, 1.807) is 24.8 Å². The lowest BCUT2D eigenvalue weighted by molar-refractivity contribution is 0.421. The molecule has 57 heavy (non-hydrogen) atoms. The van der Waals surface area contributed by atoms with Crippen molar-refractivity contribution >= 4 is 11.8 Å². The Kier molecular flexibility index (Phi) is 13.7. The van der Waals surface area contributed by atoms with E-state index in [0.717, 1.165) is 13.7 Å². The van der Waals surface area contributed by atoms with Gasteiger partial charge in [0.2, 0.25) is 0 Å². The molecule has 0 bridgehead atoms. The lowest BCUT2D eigenvalue weighted by Gasteiger charge is -2.28. The third-order valence-electron chi connectivity index (χ3n) is 10.1. The maximum Gasteiger partial charge on any atom is 0.336 e. The second-order valence-electron chi connectivity index (χ2n) is 20.7. The van der Waals surface area contributed by atoms with Gasteiger partial charge in [-0.3, -0.25) is 0 Å². The molecule has 1 heterocycles. The Hall–Kier alpha value is -4.18. The van der Waals surface area contributed by atoms with Crippen LogP contribution in [0.3, 0.4) is 0 Å². The SMILES string of the molecule is CSC.Cc1cc(Cn2c(=O)n(Cc3cc(C(C)(C)C)c(O)c(C(C)(C)C)c3)c(=O)n(Cc3cc(C(C)(C)C)c(O)c(C(C)(C)C)c3)c2=O)cc(C(C)(C)C)c1O. The molecule has 3 N–H and O–H groups in total. The summed E-state index contributed by atoms with van der Waals surface area (Å²) in [5.74, 6) is 0.527. The number of aromatic nitrogens is 3. The van der Waals surface area contributed by atoms with E-state index in [1.807, 2.05) is 147 Å². The van der Waals surface area contributed by atoms with E-state index >= 15 is 0 Å². The van der Waals surface area contributed by atoms with Gasteiger partial charge in [-0.2, -0.15) is 11.8 Å². The molecule has 1 aromatic heterocycles. The maximum atomic E-state index is 14.6. The number of phenols is 3. The van der Waals surface area contributed by atoms with E-state index < -0.39 is 44.1 Å². The van der Waals surface area contributed by atoms with Gasteiger partial charge in [0, 0.05) is 0 Å². The molecule has 0 saturated heterocycles. The Labute approximate surface area is 344 Å². The first kappa shape index (κ1) is 47.2. The quantitative estimate of drug-likeness (QED) is 0.178. The van der Waals surface area contributed by atoms with Gasteiger partial charge in [0.15, 0.2) is 0 Å². The normalized spacial score (nSPS) is 12.7. The molecule has 3 aromatic carbocycles. The molecule has 0 saturated carbocycles. The maximum absolute atomic E-state index is 14.6. The first-order chi connectivity index (χ1) is 25.7. The number of aryl methyl sites for hydroxylation is 1. The zero-order valence-corrected chi connectivity index (χ0v) is 38.7. The van der Waals surface area contributed by atoms with Crippen LogP contribution in [0.5, 0.6) is 17.2 Å². The third kappa shape index (κ3) is 10.7. The molecule has 0 atom stereocenters. The Morgan fingerprint density at radius 1 is 0.421 bits per heavy atom. The monoisotopic (exact) mass is 803 g/mol. The standard InChI is InChI=1S/C45H63N3O6.C2H6S/c1-26-17-27(18-30(35(26)49)41(2,3)4)23-46-38(52)47(24-28-19-31(42(5,6)7)36(50)32(20-28)43(8,9)10)40(54)48(39(46)53)25-29-21-33(44(11,12)13)37(51)34(22-29)45(14,15)16;1-3-2/h17-22,49-51H,23-25H2,1-16H3;1-2H3. The zero-order chi connectivity index (χ0) is 44.0. The number of benzene rings is 3. The highest BCUT2D eigenvalue weighted by molar-refractivity contribution is 7.97. The number of nitrogens with zero attached hydrogens (tertiary/aromatic N) is 3. The van der Waals surface area contributed by atoms with E-state index in [0.29, 0.717) is 50.1 Å². The fourth-order valence-electron chi connectivity index (χ4n) is 7.01. The number of rotatable bonds is 6. The average molecular weight is 804 g/mol. The van der Waals surface area contributed by atoms with Crippen molar-refractivity contribution in [2.24, 2.45) is 0 Å². The fourth-order valence-corrected chi connectivity index (χ4v) is 7.01. The first-order valence-corrected chi connectivity index (χ1v) is 21.3. The number of phenolic OH excluding ortho intramolecular Hbond substituents is 3. The zero-order valence-electron chi connectivity index (χ0n) is 37.9. The van der Waals surface area contributed by atoms with Crippen molar-refractivity contribution < 1.29 is 15.3 Å². The van der Waals surface area contributed by atoms with Gasteiger partial charge in [-0.25, -0.2) is 28.1 Å². The molecule has 0 spiro atoms. The minimum atomic E-state index is -0.761. The van der Waals surface area contributed by atoms with Crippen LogP contribution in [0.2, 0.25) is 0 Å². The summed E-state index contributed by atoms with van der Waals surface area (Å²) in [7, 11) is 0. The molecule has 0 amide bonds. The van der Waals surface area contributed by atoms with E-state index in [2.05, 4.69) is 0 Å². The Morgan fingerprint density at radius 3 is 0.825 bits per heavy atom. The third-order valence-corrected chi connectivity index (χ3v) is 10.1. The molecule has 0 fully saturated rings.